The summed E-state index contributed by atoms with van der Waals surface area (Å²) >= 11 is 0. The molecule has 1 aromatic rings. The lowest BCUT2D eigenvalue weighted by atomic mass is 10.0. The molecular formula is C16H23N3O. The Labute approximate surface area is 120 Å². The van der Waals surface area contributed by atoms with E-state index in [9.17, 15) is 4.79 Å². The van der Waals surface area contributed by atoms with Crippen molar-refractivity contribution in [2.24, 2.45) is 0 Å². The van der Waals surface area contributed by atoms with E-state index in [0.717, 1.165) is 31.6 Å². The third-order valence-electron chi connectivity index (χ3n) is 4.51. The van der Waals surface area contributed by atoms with Gasteiger partial charge >= 0.3 is 0 Å². The zero-order chi connectivity index (χ0) is 14.2. The zero-order valence-electron chi connectivity index (χ0n) is 12.3. The van der Waals surface area contributed by atoms with E-state index in [0.29, 0.717) is 6.54 Å². The SMILES string of the molecule is CC1Cc2ccccc2N1C(=O)CNC1(C)CCNC1. The standard InChI is InChI=1S/C16H23N3O/c1-12-9-13-5-3-4-6-14(13)19(12)15(20)10-18-16(2)7-8-17-11-16/h3-6,12,17-18H,7-11H2,1-2H3. The quantitative estimate of drug-likeness (QED) is 0.872. The van der Waals surface area contributed by atoms with Crippen LogP contribution >= 0.6 is 0 Å². The Hall–Kier alpha value is -1.39. The van der Waals surface area contributed by atoms with E-state index in [2.05, 4.69) is 36.6 Å². The molecule has 2 heterocycles. The number of hydrogen-bond donors (Lipinski definition) is 2. The fourth-order valence-electron chi connectivity index (χ4n) is 3.29. The maximum Gasteiger partial charge on any atom is 0.241 e. The summed E-state index contributed by atoms with van der Waals surface area (Å²) in [5.41, 5.74) is 2.42. The molecule has 1 saturated heterocycles. The molecule has 1 fully saturated rings. The van der Waals surface area contributed by atoms with Gasteiger partial charge in [0.05, 0.1) is 6.54 Å². The van der Waals surface area contributed by atoms with Crippen LogP contribution in [-0.2, 0) is 11.2 Å². The lowest BCUT2D eigenvalue weighted by Gasteiger charge is -2.28. The van der Waals surface area contributed by atoms with Gasteiger partial charge in [0.2, 0.25) is 5.91 Å². The third-order valence-corrected chi connectivity index (χ3v) is 4.51. The zero-order valence-corrected chi connectivity index (χ0v) is 12.3. The van der Waals surface area contributed by atoms with Crippen LogP contribution in [0.4, 0.5) is 5.69 Å². The van der Waals surface area contributed by atoms with Gasteiger partial charge in [-0.25, -0.2) is 0 Å². The van der Waals surface area contributed by atoms with E-state index in [1.807, 2.05) is 17.0 Å². The Bertz CT molecular complexity index is 508. The minimum atomic E-state index is 0.0537. The first-order valence-corrected chi connectivity index (χ1v) is 7.45. The fraction of sp³-hybridized carbons (Fsp3) is 0.562. The normalized spacial score (nSPS) is 28.7. The smallest absolute Gasteiger partial charge is 0.241 e. The molecular weight excluding hydrogens is 250 g/mol. The van der Waals surface area contributed by atoms with Crippen molar-refractivity contribution in [2.75, 3.05) is 24.5 Å². The van der Waals surface area contributed by atoms with Gasteiger partial charge in [-0.1, -0.05) is 18.2 Å². The molecule has 1 aromatic carbocycles. The first-order valence-electron chi connectivity index (χ1n) is 7.45. The highest BCUT2D eigenvalue weighted by molar-refractivity contribution is 5.97. The number of para-hydroxylation sites is 1. The number of carbonyl (C=O) groups excluding carboxylic acids is 1. The van der Waals surface area contributed by atoms with Crippen molar-refractivity contribution in [1.29, 1.82) is 0 Å². The monoisotopic (exact) mass is 273 g/mol. The second-order valence-corrected chi connectivity index (χ2v) is 6.29. The second kappa shape index (κ2) is 5.19. The van der Waals surface area contributed by atoms with Gasteiger partial charge in [0, 0.05) is 23.8 Å². The molecule has 2 unspecified atom stereocenters. The van der Waals surface area contributed by atoms with E-state index in [1.165, 1.54) is 5.56 Å². The van der Waals surface area contributed by atoms with Gasteiger partial charge in [-0.2, -0.15) is 0 Å². The molecule has 2 aliphatic rings. The van der Waals surface area contributed by atoms with Crippen LogP contribution in [0.2, 0.25) is 0 Å². The second-order valence-electron chi connectivity index (χ2n) is 6.29. The number of hydrogen-bond acceptors (Lipinski definition) is 3. The Morgan fingerprint density at radius 1 is 1.50 bits per heavy atom. The molecule has 2 aliphatic heterocycles. The van der Waals surface area contributed by atoms with E-state index in [4.69, 9.17) is 0 Å². The maximum absolute atomic E-state index is 12.6. The molecule has 0 aliphatic carbocycles. The molecule has 4 nitrogen and oxygen atoms in total. The van der Waals surface area contributed by atoms with E-state index in [-0.39, 0.29) is 17.5 Å². The van der Waals surface area contributed by atoms with Crippen LogP contribution in [0.15, 0.2) is 24.3 Å². The van der Waals surface area contributed by atoms with Crippen molar-refractivity contribution in [1.82, 2.24) is 10.6 Å². The molecule has 0 radical (unpaired) electrons. The number of benzene rings is 1. The van der Waals surface area contributed by atoms with Gasteiger partial charge in [0.1, 0.15) is 0 Å². The number of amides is 1. The molecule has 0 spiro atoms. The van der Waals surface area contributed by atoms with Gasteiger partial charge in [0.15, 0.2) is 0 Å². The molecule has 4 heteroatoms. The van der Waals surface area contributed by atoms with Gasteiger partial charge in [-0.05, 0) is 44.9 Å². The van der Waals surface area contributed by atoms with Crippen LogP contribution in [-0.4, -0.2) is 37.1 Å². The topological polar surface area (TPSA) is 44.4 Å². The lowest BCUT2D eigenvalue weighted by molar-refractivity contribution is -0.118. The van der Waals surface area contributed by atoms with Crippen LogP contribution in [0.3, 0.4) is 0 Å². The lowest BCUT2D eigenvalue weighted by Crippen LogP contribution is -2.50. The summed E-state index contributed by atoms with van der Waals surface area (Å²) in [5.74, 6) is 0.176. The summed E-state index contributed by atoms with van der Waals surface area (Å²) in [7, 11) is 0. The predicted octanol–water partition coefficient (Wildman–Crippen LogP) is 1.31. The highest BCUT2D eigenvalue weighted by Gasteiger charge is 2.33. The van der Waals surface area contributed by atoms with Crippen molar-refractivity contribution < 1.29 is 4.79 Å². The van der Waals surface area contributed by atoms with E-state index < -0.39 is 0 Å². The Morgan fingerprint density at radius 2 is 2.30 bits per heavy atom. The summed E-state index contributed by atoms with van der Waals surface area (Å²) < 4.78 is 0. The molecule has 0 bridgehead atoms. The van der Waals surface area contributed by atoms with E-state index in [1.54, 1.807) is 0 Å². The summed E-state index contributed by atoms with van der Waals surface area (Å²) in [6.45, 7) is 6.68. The summed E-state index contributed by atoms with van der Waals surface area (Å²) in [4.78, 5) is 14.5. The van der Waals surface area contributed by atoms with Crippen LogP contribution in [0.5, 0.6) is 0 Å². The number of nitrogens with one attached hydrogen (secondary N) is 2. The van der Waals surface area contributed by atoms with Crippen LogP contribution in [0, 0.1) is 0 Å². The van der Waals surface area contributed by atoms with Crippen molar-refractivity contribution in [2.45, 2.75) is 38.3 Å². The average molecular weight is 273 g/mol. The van der Waals surface area contributed by atoms with Crippen LogP contribution in [0.1, 0.15) is 25.8 Å². The largest absolute Gasteiger partial charge is 0.315 e. The number of anilines is 1. The first kappa shape index (κ1) is 13.6. The fourth-order valence-corrected chi connectivity index (χ4v) is 3.29. The molecule has 20 heavy (non-hydrogen) atoms. The minimum Gasteiger partial charge on any atom is -0.315 e. The molecule has 0 saturated carbocycles. The van der Waals surface area contributed by atoms with Gasteiger partial charge in [-0.3, -0.25) is 4.79 Å². The summed E-state index contributed by atoms with van der Waals surface area (Å²) in [6.07, 6.45) is 2.03. The Balaban J connectivity index is 1.68. The van der Waals surface area contributed by atoms with Gasteiger partial charge in [-0.15, -0.1) is 0 Å². The highest BCUT2D eigenvalue weighted by atomic mass is 16.2. The number of fused-ring (bicyclic) bond motifs is 1. The minimum absolute atomic E-state index is 0.0537. The molecule has 3 rings (SSSR count). The van der Waals surface area contributed by atoms with Crippen molar-refractivity contribution in [3.8, 4) is 0 Å². The maximum atomic E-state index is 12.6. The van der Waals surface area contributed by atoms with Crippen LogP contribution in [0.25, 0.3) is 0 Å². The first-order chi connectivity index (χ1) is 9.59. The van der Waals surface area contributed by atoms with Gasteiger partial charge < -0.3 is 15.5 Å². The Morgan fingerprint density at radius 3 is 3.05 bits per heavy atom. The van der Waals surface area contributed by atoms with Crippen LogP contribution < -0.4 is 15.5 Å². The van der Waals surface area contributed by atoms with E-state index >= 15 is 0 Å². The molecule has 2 atom stereocenters. The van der Waals surface area contributed by atoms with Crippen molar-refractivity contribution in [3.63, 3.8) is 0 Å². The summed E-state index contributed by atoms with van der Waals surface area (Å²) in [5, 5.41) is 6.78. The number of carbonyl (C=O) groups is 1. The molecule has 2 N–H and O–H groups in total. The Kier molecular flexibility index (Phi) is 3.52. The molecule has 108 valence electrons. The summed E-state index contributed by atoms with van der Waals surface area (Å²) in [6, 6.07) is 8.48. The number of rotatable bonds is 3. The average Bonchev–Trinajstić information content (AvgIpc) is 2.99. The molecule has 1 amide bonds. The van der Waals surface area contributed by atoms with Crippen molar-refractivity contribution >= 4 is 11.6 Å². The van der Waals surface area contributed by atoms with Crippen molar-refractivity contribution in [3.05, 3.63) is 29.8 Å². The highest BCUT2D eigenvalue weighted by Crippen LogP contribution is 2.31. The third kappa shape index (κ3) is 2.45. The van der Waals surface area contributed by atoms with Gasteiger partial charge in [0.25, 0.3) is 0 Å². The predicted molar refractivity (Wildman–Crippen MR) is 81.0 cm³/mol. The molecule has 0 aromatic heterocycles. The number of nitrogens with zero attached hydrogens (tertiary/aromatic N) is 1.